The van der Waals surface area contributed by atoms with Crippen LogP contribution in [0.5, 0.6) is 5.75 Å². The summed E-state index contributed by atoms with van der Waals surface area (Å²) in [5, 5.41) is 10.2. The van der Waals surface area contributed by atoms with Gasteiger partial charge in [0, 0.05) is 36.3 Å². The van der Waals surface area contributed by atoms with Gasteiger partial charge < -0.3 is 14.4 Å². The fourth-order valence-corrected chi connectivity index (χ4v) is 6.51. The van der Waals surface area contributed by atoms with E-state index >= 15 is 0 Å². The third kappa shape index (κ3) is 4.98. The van der Waals surface area contributed by atoms with Crippen molar-refractivity contribution in [2.45, 2.75) is 69.6 Å². The second-order valence-corrected chi connectivity index (χ2v) is 11.6. The third-order valence-electron chi connectivity index (χ3n) is 7.31. The Balaban J connectivity index is 1.44. The minimum absolute atomic E-state index is 0.0942. The largest absolute Gasteiger partial charge is 0.490 e. The average molecular weight is 496 g/mol. The Bertz CT molecular complexity index is 1180. The fourth-order valence-electron chi connectivity index (χ4n) is 5.38. The van der Waals surface area contributed by atoms with Crippen LogP contribution in [0.1, 0.15) is 68.5 Å². The van der Waals surface area contributed by atoms with Gasteiger partial charge in [0.15, 0.2) is 0 Å². The van der Waals surface area contributed by atoms with Crippen molar-refractivity contribution < 1.29 is 17.9 Å². The molecule has 35 heavy (non-hydrogen) atoms. The van der Waals surface area contributed by atoms with E-state index in [1.807, 2.05) is 25.1 Å². The highest BCUT2D eigenvalue weighted by Gasteiger charge is 2.44. The van der Waals surface area contributed by atoms with E-state index in [1.165, 1.54) is 6.42 Å². The number of nitrogens with one attached hydrogen (secondary N) is 1. The van der Waals surface area contributed by atoms with E-state index in [0.29, 0.717) is 18.2 Å². The molecule has 7 nitrogen and oxygen atoms in total. The zero-order valence-corrected chi connectivity index (χ0v) is 21.0. The lowest BCUT2D eigenvalue weighted by Gasteiger charge is -2.41. The smallest absolute Gasteiger partial charge is 0.232 e. The van der Waals surface area contributed by atoms with Gasteiger partial charge in [0.25, 0.3) is 0 Å². The number of hydrogen-bond acceptors (Lipinski definition) is 6. The van der Waals surface area contributed by atoms with Crippen LogP contribution in [0.3, 0.4) is 0 Å². The standard InChI is InChI=1S/C27H33N3O4S/c1-2-16-35(31,32)29-20-8-6-19(7-9-20)27-25(18-28)24-11-10-23(34-22-12-14-33-15-13-22)17-26(24)30(27)21-4-3-5-21/h6-11,17,21-22,25,27,29H,2-5,12-16H2,1H3. The molecule has 8 heteroatoms. The summed E-state index contributed by atoms with van der Waals surface area (Å²) >= 11 is 0. The summed E-state index contributed by atoms with van der Waals surface area (Å²) in [4.78, 5) is 2.42. The quantitative estimate of drug-likeness (QED) is 0.547. The summed E-state index contributed by atoms with van der Waals surface area (Å²) in [5.74, 6) is 0.639. The number of nitrogens with zero attached hydrogens (tertiary/aromatic N) is 2. The summed E-state index contributed by atoms with van der Waals surface area (Å²) in [7, 11) is -3.35. The predicted octanol–water partition coefficient (Wildman–Crippen LogP) is 5.12. The topological polar surface area (TPSA) is 91.7 Å². The molecule has 2 atom stereocenters. The number of benzene rings is 2. The molecule has 2 unspecified atom stereocenters. The highest BCUT2D eigenvalue weighted by Crippen LogP contribution is 2.53. The third-order valence-corrected chi connectivity index (χ3v) is 8.80. The molecule has 1 saturated heterocycles. The van der Waals surface area contributed by atoms with Gasteiger partial charge in [-0.25, -0.2) is 8.42 Å². The zero-order valence-electron chi connectivity index (χ0n) is 20.2. The summed E-state index contributed by atoms with van der Waals surface area (Å²) in [5.41, 5.74) is 3.69. The van der Waals surface area contributed by atoms with E-state index in [4.69, 9.17) is 9.47 Å². The molecule has 2 aromatic carbocycles. The molecule has 2 aliphatic heterocycles. The van der Waals surface area contributed by atoms with Gasteiger partial charge in [0.05, 0.1) is 37.0 Å². The van der Waals surface area contributed by atoms with E-state index in [-0.39, 0.29) is 23.8 Å². The van der Waals surface area contributed by atoms with Crippen molar-refractivity contribution in [2.75, 3.05) is 28.6 Å². The highest BCUT2D eigenvalue weighted by atomic mass is 32.2. The molecule has 3 aliphatic rings. The Labute approximate surface area is 208 Å². The van der Waals surface area contributed by atoms with Crippen LogP contribution in [0, 0.1) is 11.3 Å². The van der Waals surface area contributed by atoms with Crippen molar-refractivity contribution in [3.05, 3.63) is 53.6 Å². The first-order chi connectivity index (χ1) is 17.0. The maximum absolute atomic E-state index is 12.2. The number of sulfonamides is 1. The van der Waals surface area contributed by atoms with Crippen LogP contribution in [0.25, 0.3) is 0 Å². The molecule has 1 N–H and O–H groups in total. The van der Waals surface area contributed by atoms with Crippen LogP contribution in [0.2, 0.25) is 0 Å². The molecule has 5 rings (SSSR count). The Morgan fingerprint density at radius 2 is 1.86 bits per heavy atom. The van der Waals surface area contributed by atoms with Gasteiger partial charge in [-0.3, -0.25) is 4.72 Å². The molecule has 2 heterocycles. The van der Waals surface area contributed by atoms with Crippen LogP contribution in [0.15, 0.2) is 42.5 Å². The lowest BCUT2D eigenvalue weighted by atomic mass is 9.87. The Kier molecular flexibility index (Phi) is 6.90. The minimum Gasteiger partial charge on any atom is -0.490 e. The number of hydrogen-bond donors (Lipinski definition) is 1. The van der Waals surface area contributed by atoms with Gasteiger partial charge in [0.1, 0.15) is 11.9 Å². The van der Waals surface area contributed by atoms with Crippen LogP contribution in [-0.4, -0.2) is 39.5 Å². The van der Waals surface area contributed by atoms with E-state index in [9.17, 15) is 13.7 Å². The Morgan fingerprint density at radius 3 is 2.49 bits per heavy atom. The summed E-state index contributed by atoms with van der Waals surface area (Å²) in [6.45, 7) is 3.30. The second-order valence-electron chi connectivity index (χ2n) is 9.74. The van der Waals surface area contributed by atoms with Crippen molar-refractivity contribution in [2.24, 2.45) is 0 Å². The van der Waals surface area contributed by atoms with E-state index < -0.39 is 10.0 Å². The molecule has 1 saturated carbocycles. The fraction of sp³-hybridized carbons (Fsp3) is 0.519. The number of nitriles is 1. The first-order valence-corrected chi connectivity index (χ1v) is 14.3. The molecule has 0 spiro atoms. The monoisotopic (exact) mass is 495 g/mol. The van der Waals surface area contributed by atoms with E-state index in [1.54, 1.807) is 12.1 Å². The van der Waals surface area contributed by atoms with Gasteiger partial charge >= 0.3 is 0 Å². The number of anilines is 2. The van der Waals surface area contributed by atoms with Crippen molar-refractivity contribution in [3.63, 3.8) is 0 Å². The molecule has 0 radical (unpaired) electrons. The number of fused-ring (bicyclic) bond motifs is 1. The van der Waals surface area contributed by atoms with Gasteiger partial charge in [-0.15, -0.1) is 0 Å². The first-order valence-electron chi connectivity index (χ1n) is 12.7. The summed E-state index contributed by atoms with van der Waals surface area (Å²) in [6.07, 6.45) is 5.90. The molecule has 0 aromatic heterocycles. The lowest BCUT2D eigenvalue weighted by molar-refractivity contribution is 0.0256. The first kappa shape index (κ1) is 24.0. The molecule has 1 aliphatic carbocycles. The van der Waals surface area contributed by atoms with Crippen LogP contribution >= 0.6 is 0 Å². The van der Waals surface area contributed by atoms with Crippen molar-refractivity contribution in [3.8, 4) is 11.8 Å². The molecule has 2 aromatic rings. The second kappa shape index (κ2) is 10.1. The number of rotatable bonds is 8. The summed E-state index contributed by atoms with van der Waals surface area (Å²) < 4.78 is 38.7. The van der Waals surface area contributed by atoms with Crippen LogP contribution in [-0.2, 0) is 14.8 Å². The van der Waals surface area contributed by atoms with Gasteiger partial charge in [0.2, 0.25) is 10.0 Å². The van der Waals surface area contributed by atoms with Crippen molar-refractivity contribution >= 4 is 21.4 Å². The minimum atomic E-state index is -3.35. The predicted molar refractivity (Wildman–Crippen MR) is 136 cm³/mol. The van der Waals surface area contributed by atoms with Crippen molar-refractivity contribution in [1.29, 1.82) is 5.26 Å². The Morgan fingerprint density at radius 1 is 1.11 bits per heavy atom. The molecule has 186 valence electrons. The lowest BCUT2D eigenvalue weighted by Crippen LogP contribution is -2.41. The van der Waals surface area contributed by atoms with E-state index in [0.717, 1.165) is 61.5 Å². The molecular weight excluding hydrogens is 462 g/mol. The maximum atomic E-state index is 12.2. The van der Waals surface area contributed by atoms with E-state index in [2.05, 4.69) is 27.8 Å². The van der Waals surface area contributed by atoms with Crippen molar-refractivity contribution in [1.82, 2.24) is 0 Å². The zero-order chi connectivity index (χ0) is 24.4. The molecule has 0 bridgehead atoms. The van der Waals surface area contributed by atoms with Crippen LogP contribution < -0.4 is 14.4 Å². The molecular formula is C27H33N3O4S. The number of ether oxygens (including phenoxy) is 2. The summed E-state index contributed by atoms with van der Waals surface area (Å²) in [6, 6.07) is 16.5. The SMILES string of the molecule is CCCS(=O)(=O)Nc1ccc(C2C(C#N)c3ccc(OC4CCOCC4)cc3N2C2CCC2)cc1. The molecule has 0 amide bonds. The highest BCUT2D eigenvalue weighted by molar-refractivity contribution is 7.92. The Hall–Kier alpha value is -2.76. The normalized spacial score (nSPS) is 22.8. The van der Waals surface area contributed by atoms with Gasteiger partial charge in [-0.2, -0.15) is 5.26 Å². The van der Waals surface area contributed by atoms with Gasteiger partial charge in [-0.1, -0.05) is 25.1 Å². The van der Waals surface area contributed by atoms with Gasteiger partial charge in [-0.05, 0) is 55.0 Å². The average Bonchev–Trinajstić information content (AvgIpc) is 3.12. The van der Waals surface area contributed by atoms with Crippen LogP contribution in [0.4, 0.5) is 11.4 Å². The maximum Gasteiger partial charge on any atom is 0.232 e. The molecule has 2 fully saturated rings.